The van der Waals surface area contributed by atoms with Crippen molar-refractivity contribution in [1.82, 2.24) is 14.3 Å². The fourth-order valence-electron chi connectivity index (χ4n) is 4.69. The summed E-state index contributed by atoms with van der Waals surface area (Å²) in [6.45, 7) is 3.85. The van der Waals surface area contributed by atoms with E-state index in [-0.39, 0.29) is 25.3 Å². The summed E-state index contributed by atoms with van der Waals surface area (Å²) in [7, 11) is -4.67. The van der Waals surface area contributed by atoms with Gasteiger partial charge in [0.25, 0.3) is 0 Å². The van der Waals surface area contributed by atoms with Gasteiger partial charge in [-0.2, -0.15) is 21.6 Å². The molecule has 0 fully saturated rings. The Balaban J connectivity index is 1.58. The molecule has 4 aromatic rings. The van der Waals surface area contributed by atoms with E-state index in [0.29, 0.717) is 42.7 Å². The number of anilines is 1. The van der Waals surface area contributed by atoms with Crippen LogP contribution < -0.4 is 13.8 Å². The Labute approximate surface area is 308 Å². The summed E-state index contributed by atoms with van der Waals surface area (Å²) in [6.07, 6.45) is -1.26. The quantitative estimate of drug-likeness (QED) is 0.122. The van der Waals surface area contributed by atoms with Crippen molar-refractivity contribution in [2.45, 2.75) is 51.9 Å². The molecule has 11 nitrogen and oxygen atoms in total. The summed E-state index contributed by atoms with van der Waals surface area (Å²) in [6, 6.07) is 17.8. The highest BCUT2D eigenvalue weighted by atomic mass is 35.5. The number of nitrogens with zero attached hydrogens (tertiary/aromatic N) is 3. The summed E-state index contributed by atoms with van der Waals surface area (Å²) < 4.78 is 77.8. The van der Waals surface area contributed by atoms with E-state index in [1.807, 2.05) is 4.57 Å². The lowest BCUT2D eigenvalue weighted by molar-refractivity contribution is -0.137. The van der Waals surface area contributed by atoms with Gasteiger partial charge >= 0.3 is 28.4 Å². The number of hydrogen-bond donors (Lipinski definition) is 2. The predicted molar refractivity (Wildman–Crippen MR) is 193 cm³/mol. The normalized spacial score (nSPS) is 12.2. The molecular formula is C35H35Cl2F3N4O7S. The number of carbonyl (C=O) groups excluding carboxylic acids is 1. The third-order valence-corrected chi connectivity index (χ3v) is 8.84. The molecule has 17 heteroatoms. The number of alkyl halides is 3. The Morgan fingerprint density at radius 3 is 2.27 bits per heavy atom. The molecule has 0 aliphatic rings. The number of aliphatic carboxylic acids is 1. The monoisotopic (exact) mass is 782 g/mol. The molecule has 52 heavy (non-hydrogen) atoms. The maximum absolute atomic E-state index is 13.0. The van der Waals surface area contributed by atoms with Crippen LogP contribution in [-0.4, -0.2) is 60.1 Å². The third kappa shape index (κ3) is 12.2. The number of aromatic nitrogens is 2. The summed E-state index contributed by atoms with van der Waals surface area (Å²) in [5.41, 5.74) is 1.58. The van der Waals surface area contributed by atoms with Crippen molar-refractivity contribution >= 4 is 63.3 Å². The molecule has 0 spiro atoms. The molecule has 0 atom stereocenters. The van der Waals surface area contributed by atoms with Gasteiger partial charge in [-0.3, -0.25) is 4.79 Å². The summed E-state index contributed by atoms with van der Waals surface area (Å²) in [5, 5.41) is 10.3. The molecule has 1 amide bonds. The van der Waals surface area contributed by atoms with Gasteiger partial charge in [-0.1, -0.05) is 53.5 Å². The SMILES string of the molecule is CC(C)(C)OC(=O)NS(=O)(=O)N(CC(=O)O)c1ccc(Cn2cc(-c3ccc(Cl)cc3Cl)nc2C=Cc2ccc(OCCCC(F)(F)F)cc2)cc1. The van der Waals surface area contributed by atoms with Crippen molar-refractivity contribution in [3.63, 3.8) is 0 Å². The molecule has 4 rings (SSSR count). The number of benzene rings is 3. The Hall–Kier alpha value is -4.73. The van der Waals surface area contributed by atoms with Gasteiger partial charge in [-0.05, 0) is 86.9 Å². The molecule has 0 aliphatic heterocycles. The van der Waals surface area contributed by atoms with Gasteiger partial charge in [0.05, 0.1) is 23.0 Å². The summed E-state index contributed by atoms with van der Waals surface area (Å²) >= 11 is 12.6. The molecule has 0 saturated carbocycles. The zero-order valence-corrected chi connectivity index (χ0v) is 30.5. The van der Waals surface area contributed by atoms with E-state index < -0.39 is 47.0 Å². The Kier molecular flexibility index (Phi) is 12.9. The standard InChI is InChI=1S/C35H35Cl2F3N4O7S/c1-34(2,3)51-33(47)42-52(48,49)44(22-32(45)46)26-11-5-24(6-12-26)20-43-21-30(28-15-10-25(36)19-29(28)37)41-31(43)16-9-23-7-13-27(14-8-23)50-18-4-17-35(38,39)40/h5-16,19,21H,4,17-18,20,22H2,1-3H3,(H,42,47)(H,45,46). The first-order chi connectivity index (χ1) is 24.3. The molecule has 0 aliphatic carbocycles. The minimum atomic E-state index is -4.67. The van der Waals surface area contributed by atoms with Crippen LogP contribution in [0.1, 0.15) is 50.6 Å². The molecule has 2 N–H and O–H groups in total. The number of nitrogens with one attached hydrogen (secondary N) is 1. The van der Waals surface area contributed by atoms with Gasteiger partial charge in [0.15, 0.2) is 0 Å². The first-order valence-electron chi connectivity index (χ1n) is 15.6. The number of rotatable bonds is 14. The van der Waals surface area contributed by atoms with Crippen LogP contribution in [0.3, 0.4) is 0 Å². The molecule has 278 valence electrons. The van der Waals surface area contributed by atoms with Crippen molar-refractivity contribution in [3.05, 3.63) is 99.9 Å². The molecule has 1 heterocycles. The molecule has 0 unspecified atom stereocenters. The van der Waals surface area contributed by atoms with Crippen LogP contribution in [0.2, 0.25) is 10.0 Å². The maximum Gasteiger partial charge on any atom is 0.422 e. The topological polar surface area (TPSA) is 140 Å². The molecule has 3 aromatic carbocycles. The van der Waals surface area contributed by atoms with Gasteiger partial charge in [0.2, 0.25) is 0 Å². The molecule has 1 aromatic heterocycles. The predicted octanol–water partition coefficient (Wildman–Crippen LogP) is 8.46. The third-order valence-electron chi connectivity index (χ3n) is 6.95. The maximum atomic E-state index is 13.0. The number of carboxylic acids is 1. The van der Waals surface area contributed by atoms with Crippen molar-refractivity contribution in [2.75, 3.05) is 17.5 Å². The Morgan fingerprint density at radius 2 is 1.67 bits per heavy atom. The van der Waals surface area contributed by atoms with Gasteiger partial charge < -0.3 is 19.1 Å². The molecule has 0 radical (unpaired) electrons. The fraction of sp³-hybridized carbons (Fsp3) is 0.286. The van der Waals surface area contributed by atoms with Crippen LogP contribution in [0.5, 0.6) is 5.75 Å². The first kappa shape index (κ1) is 40.0. The second-order valence-electron chi connectivity index (χ2n) is 12.4. The zero-order chi connectivity index (χ0) is 38.3. The molecule has 0 bridgehead atoms. The van der Waals surface area contributed by atoms with Crippen LogP contribution >= 0.6 is 23.2 Å². The highest BCUT2D eigenvalue weighted by Gasteiger charge is 2.29. The van der Waals surface area contributed by atoms with E-state index in [0.717, 1.165) is 5.56 Å². The number of carboxylic acid groups (broad SMARTS) is 1. The number of imidazole rings is 1. The van der Waals surface area contributed by atoms with Gasteiger partial charge in [0, 0.05) is 29.7 Å². The summed E-state index contributed by atoms with van der Waals surface area (Å²) in [4.78, 5) is 28.6. The van der Waals surface area contributed by atoms with Gasteiger partial charge in [0.1, 0.15) is 23.7 Å². The van der Waals surface area contributed by atoms with E-state index in [4.69, 9.17) is 37.7 Å². The van der Waals surface area contributed by atoms with E-state index >= 15 is 0 Å². The van der Waals surface area contributed by atoms with Crippen molar-refractivity contribution < 1.29 is 45.8 Å². The van der Waals surface area contributed by atoms with E-state index in [1.54, 1.807) is 98.4 Å². The van der Waals surface area contributed by atoms with Crippen LogP contribution in [-0.2, 0) is 26.3 Å². The highest BCUT2D eigenvalue weighted by Crippen LogP contribution is 2.31. The fourth-order valence-corrected chi connectivity index (χ4v) is 6.23. The van der Waals surface area contributed by atoms with Crippen LogP contribution in [0, 0.1) is 0 Å². The second-order valence-corrected chi connectivity index (χ2v) is 14.8. The Bertz CT molecular complexity index is 2010. The van der Waals surface area contributed by atoms with Crippen LogP contribution in [0.15, 0.2) is 72.9 Å². The largest absolute Gasteiger partial charge is 0.494 e. The van der Waals surface area contributed by atoms with Gasteiger partial charge in [-0.15, -0.1) is 0 Å². The average molecular weight is 784 g/mol. The van der Waals surface area contributed by atoms with Crippen LogP contribution in [0.4, 0.5) is 23.7 Å². The minimum Gasteiger partial charge on any atom is -0.494 e. The minimum absolute atomic E-state index is 0.0191. The van der Waals surface area contributed by atoms with Crippen molar-refractivity contribution in [3.8, 4) is 17.0 Å². The number of halogens is 5. The van der Waals surface area contributed by atoms with E-state index in [9.17, 15) is 36.3 Å². The smallest absolute Gasteiger partial charge is 0.422 e. The number of hydrogen-bond acceptors (Lipinski definition) is 7. The lowest BCUT2D eigenvalue weighted by atomic mass is 10.1. The van der Waals surface area contributed by atoms with Crippen molar-refractivity contribution in [1.29, 1.82) is 0 Å². The second kappa shape index (κ2) is 16.7. The van der Waals surface area contributed by atoms with E-state index in [1.165, 1.54) is 12.1 Å². The number of carbonyl (C=O) groups is 2. The number of amides is 1. The van der Waals surface area contributed by atoms with Gasteiger partial charge in [-0.25, -0.2) is 18.8 Å². The number of ether oxygens (including phenoxy) is 2. The summed E-state index contributed by atoms with van der Waals surface area (Å²) in [5.74, 6) is -0.515. The zero-order valence-electron chi connectivity index (χ0n) is 28.2. The lowest BCUT2D eigenvalue weighted by Crippen LogP contribution is -2.47. The van der Waals surface area contributed by atoms with Crippen molar-refractivity contribution in [2.24, 2.45) is 0 Å². The van der Waals surface area contributed by atoms with Crippen LogP contribution in [0.25, 0.3) is 23.4 Å². The molecule has 0 saturated heterocycles. The highest BCUT2D eigenvalue weighted by molar-refractivity contribution is 7.91. The lowest BCUT2D eigenvalue weighted by Gasteiger charge is -2.25. The first-order valence-corrected chi connectivity index (χ1v) is 17.8. The average Bonchev–Trinajstić information content (AvgIpc) is 3.42. The Morgan fingerprint density at radius 1 is 1.00 bits per heavy atom. The van der Waals surface area contributed by atoms with E-state index in [2.05, 4.69) is 0 Å². The molecular weight excluding hydrogens is 748 g/mol.